The lowest BCUT2D eigenvalue weighted by Crippen LogP contribution is -2.38. The minimum atomic E-state index is 0.692. The number of aromatic nitrogens is 1. The molecular formula is C20H29N5S. The summed E-state index contributed by atoms with van der Waals surface area (Å²) in [7, 11) is 0. The lowest BCUT2D eigenvalue weighted by Gasteiger charge is -2.12. The fraction of sp³-hybridized carbons (Fsp3) is 0.500. The zero-order chi connectivity index (χ0) is 18.2. The molecule has 1 saturated heterocycles. The molecule has 0 aliphatic carbocycles. The van der Waals surface area contributed by atoms with Crippen LogP contribution in [0.5, 0.6) is 0 Å². The first-order valence-electron chi connectivity index (χ1n) is 9.52. The van der Waals surface area contributed by atoms with Gasteiger partial charge in [-0.3, -0.25) is 0 Å². The van der Waals surface area contributed by atoms with E-state index in [9.17, 15) is 0 Å². The molecule has 0 bridgehead atoms. The van der Waals surface area contributed by atoms with Crippen molar-refractivity contribution in [3.8, 4) is 0 Å². The summed E-state index contributed by atoms with van der Waals surface area (Å²) in [6.07, 6.45) is 3.50. The second-order valence-corrected chi connectivity index (χ2v) is 7.45. The number of rotatable bonds is 7. The molecule has 1 aromatic heterocycles. The summed E-state index contributed by atoms with van der Waals surface area (Å²) in [4.78, 5) is 11.9. The van der Waals surface area contributed by atoms with Crippen LogP contribution in [-0.2, 0) is 13.0 Å². The lowest BCUT2D eigenvalue weighted by atomic mass is 10.1. The number of thiazole rings is 1. The van der Waals surface area contributed by atoms with Crippen LogP contribution in [0, 0.1) is 6.92 Å². The smallest absolute Gasteiger partial charge is 0.191 e. The average molecular weight is 372 g/mol. The first-order chi connectivity index (χ1) is 12.8. The van der Waals surface area contributed by atoms with Crippen molar-refractivity contribution in [2.24, 2.45) is 4.99 Å². The number of benzene rings is 1. The molecule has 0 amide bonds. The molecular weight excluding hydrogens is 342 g/mol. The molecule has 1 fully saturated rings. The van der Waals surface area contributed by atoms with Crippen molar-refractivity contribution >= 4 is 22.4 Å². The quantitative estimate of drug-likeness (QED) is 0.579. The number of hydrogen-bond acceptors (Lipinski definition) is 4. The van der Waals surface area contributed by atoms with Gasteiger partial charge in [-0.15, -0.1) is 11.3 Å². The van der Waals surface area contributed by atoms with E-state index in [1.165, 1.54) is 34.8 Å². The highest BCUT2D eigenvalue weighted by Gasteiger charge is 2.15. The van der Waals surface area contributed by atoms with E-state index in [1.807, 2.05) is 0 Å². The maximum Gasteiger partial charge on any atom is 0.191 e. The van der Waals surface area contributed by atoms with Gasteiger partial charge in [-0.1, -0.05) is 24.3 Å². The number of anilines is 1. The summed E-state index contributed by atoms with van der Waals surface area (Å²) in [5.74, 6) is 0.866. The summed E-state index contributed by atoms with van der Waals surface area (Å²) < 4.78 is 0. The van der Waals surface area contributed by atoms with Crippen LogP contribution in [0.25, 0.3) is 0 Å². The first-order valence-corrected chi connectivity index (χ1v) is 10.4. The van der Waals surface area contributed by atoms with Gasteiger partial charge in [0.25, 0.3) is 0 Å². The van der Waals surface area contributed by atoms with E-state index in [1.54, 1.807) is 11.3 Å². The number of nitrogens with zero attached hydrogens (tertiary/aromatic N) is 3. The van der Waals surface area contributed by atoms with E-state index >= 15 is 0 Å². The highest BCUT2D eigenvalue weighted by Crippen LogP contribution is 2.24. The van der Waals surface area contributed by atoms with Gasteiger partial charge in [-0.2, -0.15) is 0 Å². The number of aryl methyl sites for hydroxylation is 1. The normalized spacial score (nSPS) is 14.7. The van der Waals surface area contributed by atoms with Crippen LogP contribution in [-0.4, -0.2) is 37.1 Å². The summed E-state index contributed by atoms with van der Waals surface area (Å²) in [6.45, 7) is 8.91. The molecule has 2 aromatic rings. The molecule has 0 spiro atoms. The molecule has 0 atom stereocenters. The Balaban J connectivity index is 1.50. The third-order valence-corrected chi connectivity index (χ3v) is 5.55. The number of nitrogens with one attached hydrogen (secondary N) is 2. The molecule has 0 unspecified atom stereocenters. The van der Waals surface area contributed by atoms with E-state index in [4.69, 9.17) is 9.98 Å². The van der Waals surface area contributed by atoms with Gasteiger partial charge in [0.15, 0.2) is 11.1 Å². The Labute approximate surface area is 160 Å². The monoisotopic (exact) mass is 371 g/mol. The van der Waals surface area contributed by atoms with E-state index in [0.717, 1.165) is 38.6 Å². The van der Waals surface area contributed by atoms with Gasteiger partial charge in [-0.05, 0) is 37.8 Å². The van der Waals surface area contributed by atoms with Crippen LogP contribution in [0.4, 0.5) is 5.13 Å². The van der Waals surface area contributed by atoms with Gasteiger partial charge in [-0.25, -0.2) is 9.98 Å². The zero-order valence-electron chi connectivity index (χ0n) is 15.8. The molecule has 26 heavy (non-hydrogen) atoms. The molecule has 1 aromatic carbocycles. The van der Waals surface area contributed by atoms with Gasteiger partial charge in [0, 0.05) is 38.0 Å². The standard InChI is InChI=1S/C20H29N5S/c1-3-21-19(23-14-17-9-5-4-8-16(17)2)22-11-10-18-15-26-20(24-18)25-12-6-7-13-25/h4-5,8-9,15H,3,6-7,10-14H2,1-2H3,(H2,21,22,23). The van der Waals surface area contributed by atoms with E-state index < -0.39 is 0 Å². The molecule has 1 aliphatic heterocycles. The number of guanidine groups is 1. The maximum absolute atomic E-state index is 4.78. The van der Waals surface area contributed by atoms with Gasteiger partial charge in [0.2, 0.25) is 0 Å². The van der Waals surface area contributed by atoms with Crippen molar-refractivity contribution in [1.82, 2.24) is 15.6 Å². The summed E-state index contributed by atoms with van der Waals surface area (Å²) in [6, 6.07) is 8.40. The molecule has 140 valence electrons. The number of aliphatic imine (C=N–C) groups is 1. The van der Waals surface area contributed by atoms with Crippen molar-refractivity contribution in [1.29, 1.82) is 0 Å². The van der Waals surface area contributed by atoms with Crippen LogP contribution < -0.4 is 15.5 Å². The highest BCUT2D eigenvalue weighted by atomic mass is 32.1. The second kappa shape index (κ2) is 9.57. The van der Waals surface area contributed by atoms with E-state index in [-0.39, 0.29) is 0 Å². The molecule has 6 heteroatoms. The molecule has 2 N–H and O–H groups in total. The van der Waals surface area contributed by atoms with Crippen molar-refractivity contribution in [2.75, 3.05) is 31.1 Å². The molecule has 3 rings (SSSR count). The maximum atomic E-state index is 4.78. The molecule has 5 nitrogen and oxygen atoms in total. The fourth-order valence-corrected chi connectivity index (χ4v) is 3.98. The molecule has 0 radical (unpaired) electrons. The van der Waals surface area contributed by atoms with Crippen LogP contribution in [0.15, 0.2) is 34.6 Å². The Morgan fingerprint density at radius 1 is 1.23 bits per heavy atom. The van der Waals surface area contributed by atoms with Gasteiger partial charge >= 0.3 is 0 Å². The molecule has 0 saturated carbocycles. The van der Waals surface area contributed by atoms with Crippen LogP contribution in [0.2, 0.25) is 0 Å². The third kappa shape index (κ3) is 5.21. The second-order valence-electron chi connectivity index (χ2n) is 6.61. The van der Waals surface area contributed by atoms with Crippen molar-refractivity contribution in [3.05, 3.63) is 46.5 Å². The third-order valence-electron chi connectivity index (χ3n) is 4.60. The van der Waals surface area contributed by atoms with Gasteiger partial charge in [0.05, 0.1) is 12.2 Å². The fourth-order valence-electron chi connectivity index (χ4n) is 3.07. The van der Waals surface area contributed by atoms with Crippen LogP contribution >= 0.6 is 11.3 Å². The lowest BCUT2D eigenvalue weighted by molar-refractivity contribution is 0.789. The zero-order valence-corrected chi connectivity index (χ0v) is 16.6. The predicted octanol–water partition coefficient (Wildman–Crippen LogP) is 3.35. The minimum Gasteiger partial charge on any atom is -0.357 e. The first kappa shape index (κ1) is 18.7. The Kier molecular flexibility index (Phi) is 6.89. The predicted molar refractivity (Wildman–Crippen MR) is 111 cm³/mol. The van der Waals surface area contributed by atoms with E-state index in [2.05, 4.69) is 59.0 Å². The Bertz CT molecular complexity index is 718. The van der Waals surface area contributed by atoms with Crippen LogP contribution in [0.3, 0.4) is 0 Å². The summed E-state index contributed by atoms with van der Waals surface area (Å²) in [5, 5.41) is 10.1. The van der Waals surface area contributed by atoms with Crippen molar-refractivity contribution in [3.63, 3.8) is 0 Å². The van der Waals surface area contributed by atoms with Gasteiger partial charge < -0.3 is 15.5 Å². The van der Waals surface area contributed by atoms with Crippen molar-refractivity contribution < 1.29 is 0 Å². The average Bonchev–Trinajstić information content (AvgIpc) is 3.32. The SMILES string of the molecule is CCNC(=NCc1ccccc1C)NCCc1csc(N2CCCC2)n1. The largest absolute Gasteiger partial charge is 0.357 e. The van der Waals surface area contributed by atoms with Gasteiger partial charge in [0.1, 0.15) is 0 Å². The number of hydrogen-bond donors (Lipinski definition) is 2. The summed E-state index contributed by atoms with van der Waals surface area (Å²) >= 11 is 1.77. The Morgan fingerprint density at radius 2 is 2.04 bits per heavy atom. The molecule has 2 heterocycles. The topological polar surface area (TPSA) is 52.6 Å². The molecule has 1 aliphatic rings. The van der Waals surface area contributed by atoms with Crippen molar-refractivity contribution in [2.45, 2.75) is 39.7 Å². The van der Waals surface area contributed by atoms with Crippen LogP contribution in [0.1, 0.15) is 36.6 Å². The highest BCUT2D eigenvalue weighted by molar-refractivity contribution is 7.13. The summed E-state index contributed by atoms with van der Waals surface area (Å²) in [5.41, 5.74) is 3.71. The minimum absolute atomic E-state index is 0.692. The van der Waals surface area contributed by atoms with E-state index in [0.29, 0.717) is 6.54 Å². The Hall–Kier alpha value is -2.08. The Morgan fingerprint density at radius 3 is 2.81 bits per heavy atom.